The van der Waals surface area contributed by atoms with Gasteiger partial charge in [0, 0.05) is 6.42 Å². The van der Waals surface area contributed by atoms with Crippen LogP contribution in [0.4, 0.5) is 4.39 Å². The van der Waals surface area contributed by atoms with Crippen molar-refractivity contribution in [2.24, 2.45) is 11.1 Å². The molecule has 0 saturated heterocycles. The molecule has 0 aliphatic rings. The maximum atomic E-state index is 13.3. The van der Waals surface area contributed by atoms with Gasteiger partial charge in [-0.3, -0.25) is 24.6 Å². The lowest BCUT2D eigenvalue weighted by atomic mass is 9.88. The number of nitrogens with zero attached hydrogens (tertiary/aromatic N) is 2. The number of hydrogen-bond acceptors (Lipinski definition) is 5. The lowest BCUT2D eigenvalue weighted by molar-refractivity contribution is -0.144. The average Bonchev–Trinajstić information content (AvgIpc) is 3.13. The number of nitrogens with one attached hydrogen (secondary N) is 3. The van der Waals surface area contributed by atoms with E-state index in [0.717, 1.165) is 0 Å². The van der Waals surface area contributed by atoms with E-state index in [1.54, 1.807) is 24.3 Å². The molecular formula is C20H26ClFN6O4. The van der Waals surface area contributed by atoms with Crippen molar-refractivity contribution in [1.82, 2.24) is 25.7 Å². The van der Waals surface area contributed by atoms with E-state index in [4.69, 9.17) is 17.3 Å². The SMILES string of the molecule is CC(C)(C)C[C@H](NC(=O)c1nc2ccccc2[nH]1)C(=O)NN(CCC(N)=O)C(=O)[C@H](F)Cl. The summed E-state index contributed by atoms with van der Waals surface area (Å²) in [5.74, 6) is -3.45. The number of imidazole rings is 1. The quantitative estimate of drug-likeness (QED) is 0.341. The first-order chi connectivity index (χ1) is 14.9. The highest BCUT2D eigenvalue weighted by atomic mass is 35.5. The molecule has 12 heteroatoms. The number of H-pyrrole nitrogens is 1. The van der Waals surface area contributed by atoms with Crippen LogP contribution in [0.25, 0.3) is 11.0 Å². The van der Waals surface area contributed by atoms with Crippen LogP contribution in [0.2, 0.25) is 0 Å². The van der Waals surface area contributed by atoms with Gasteiger partial charge < -0.3 is 16.0 Å². The highest BCUT2D eigenvalue weighted by Crippen LogP contribution is 2.21. The van der Waals surface area contributed by atoms with E-state index < -0.39 is 40.7 Å². The van der Waals surface area contributed by atoms with Gasteiger partial charge in [0.1, 0.15) is 6.04 Å². The third-order valence-corrected chi connectivity index (χ3v) is 4.51. The standard InChI is InChI=1S/C20H26ClFN6O4/c1-20(2,3)10-13(17(30)27-28(9-8-14(23)29)19(32)15(21)22)26-18(31)16-24-11-6-4-5-7-12(11)25-16/h4-7,13,15H,8-10H2,1-3H3,(H2,23,29)(H,24,25)(H,26,31)(H,27,30)/t13-,15-/m0/s1. The number of benzene rings is 1. The third kappa shape index (κ3) is 7.19. The molecule has 0 bridgehead atoms. The highest BCUT2D eigenvalue weighted by Gasteiger charge is 2.31. The van der Waals surface area contributed by atoms with Gasteiger partial charge in [-0.2, -0.15) is 0 Å². The molecule has 32 heavy (non-hydrogen) atoms. The second kappa shape index (κ2) is 10.4. The minimum atomic E-state index is -2.44. The van der Waals surface area contributed by atoms with Crippen LogP contribution in [-0.4, -0.2) is 56.8 Å². The molecule has 0 spiro atoms. The lowest BCUT2D eigenvalue weighted by Crippen LogP contribution is -2.56. The Morgan fingerprint density at radius 1 is 1.25 bits per heavy atom. The zero-order chi connectivity index (χ0) is 24.1. The number of nitrogens with two attached hydrogens (primary N) is 1. The zero-order valence-corrected chi connectivity index (χ0v) is 18.7. The summed E-state index contributed by atoms with van der Waals surface area (Å²) in [6.07, 6.45) is -0.145. The van der Waals surface area contributed by atoms with E-state index in [9.17, 15) is 23.6 Å². The normalized spacial score (nSPS) is 13.3. The summed E-state index contributed by atoms with van der Waals surface area (Å²) < 4.78 is 13.3. The van der Waals surface area contributed by atoms with Gasteiger partial charge in [-0.15, -0.1) is 0 Å². The first kappa shape index (κ1) is 25.1. The Balaban J connectivity index is 2.21. The van der Waals surface area contributed by atoms with Gasteiger partial charge in [0.2, 0.25) is 5.91 Å². The molecule has 5 N–H and O–H groups in total. The second-order valence-electron chi connectivity index (χ2n) is 8.38. The number of carbonyl (C=O) groups is 4. The van der Waals surface area contributed by atoms with Crippen LogP contribution in [0.15, 0.2) is 24.3 Å². The van der Waals surface area contributed by atoms with Gasteiger partial charge in [0.15, 0.2) is 5.82 Å². The molecule has 0 unspecified atom stereocenters. The number of hydrazine groups is 1. The van der Waals surface area contributed by atoms with Crippen LogP contribution in [-0.2, 0) is 14.4 Å². The Morgan fingerprint density at radius 2 is 1.91 bits per heavy atom. The smallest absolute Gasteiger partial charge is 0.291 e. The Hall–Kier alpha value is -3.21. The number of aromatic nitrogens is 2. The molecule has 1 aromatic carbocycles. The van der Waals surface area contributed by atoms with E-state index in [-0.39, 0.29) is 25.2 Å². The van der Waals surface area contributed by atoms with Crippen molar-refractivity contribution in [3.05, 3.63) is 30.1 Å². The number of aromatic amines is 1. The van der Waals surface area contributed by atoms with Crippen LogP contribution in [0, 0.1) is 5.41 Å². The van der Waals surface area contributed by atoms with Crippen molar-refractivity contribution in [1.29, 1.82) is 0 Å². The molecular weight excluding hydrogens is 443 g/mol. The highest BCUT2D eigenvalue weighted by molar-refractivity contribution is 6.29. The fourth-order valence-corrected chi connectivity index (χ4v) is 3.00. The summed E-state index contributed by atoms with van der Waals surface area (Å²) >= 11 is 5.20. The van der Waals surface area contributed by atoms with E-state index in [2.05, 4.69) is 20.7 Å². The summed E-state index contributed by atoms with van der Waals surface area (Å²) in [4.78, 5) is 55.8. The maximum absolute atomic E-state index is 13.3. The molecule has 0 radical (unpaired) electrons. The van der Waals surface area contributed by atoms with Gasteiger partial charge in [0.25, 0.3) is 23.4 Å². The van der Waals surface area contributed by atoms with E-state index in [1.807, 2.05) is 20.8 Å². The summed E-state index contributed by atoms with van der Waals surface area (Å²) in [7, 11) is 0. The minimum Gasteiger partial charge on any atom is -0.370 e. The molecule has 0 saturated carbocycles. The van der Waals surface area contributed by atoms with Crippen LogP contribution in [0.5, 0.6) is 0 Å². The molecule has 1 heterocycles. The zero-order valence-electron chi connectivity index (χ0n) is 17.9. The van der Waals surface area contributed by atoms with Crippen molar-refractivity contribution in [3.63, 3.8) is 0 Å². The molecule has 0 aliphatic carbocycles. The number of para-hydroxylation sites is 2. The first-order valence-corrected chi connectivity index (χ1v) is 10.2. The first-order valence-electron chi connectivity index (χ1n) is 9.81. The topological polar surface area (TPSA) is 150 Å². The predicted octanol–water partition coefficient (Wildman–Crippen LogP) is 1.37. The molecule has 174 valence electrons. The molecule has 1 aromatic heterocycles. The van der Waals surface area contributed by atoms with E-state index in [1.165, 1.54) is 0 Å². The monoisotopic (exact) mass is 468 g/mol. The van der Waals surface area contributed by atoms with E-state index >= 15 is 0 Å². The summed E-state index contributed by atoms with van der Waals surface area (Å²) in [5, 5.41) is 3.17. The number of rotatable bonds is 8. The minimum absolute atomic E-state index is 0.00384. The Morgan fingerprint density at radius 3 is 2.47 bits per heavy atom. The fourth-order valence-electron chi connectivity index (χ4n) is 2.88. The van der Waals surface area contributed by atoms with Crippen molar-refractivity contribution in [2.45, 2.75) is 45.3 Å². The van der Waals surface area contributed by atoms with Crippen molar-refractivity contribution in [3.8, 4) is 0 Å². The van der Waals surface area contributed by atoms with Crippen LogP contribution < -0.4 is 16.5 Å². The van der Waals surface area contributed by atoms with Gasteiger partial charge in [-0.1, -0.05) is 44.5 Å². The number of fused-ring (bicyclic) bond motifs is 1. The summed E-state index contributed by atoms with van der Waals surface area (Å²) in [6, 6.07) is 5.93. The maximum Gasteiger partial charge on any atom is 0.291 e. The number of halogens is 2. The number of hydrogen-bond donors (Lipinski definition) is 4. The molecule has 4 amide bonds. The van der Waals surface area contributed by atoms with Crippen LogP contribution in [0.3, 0.4) is 0 Å². The largest absolute Gasteiger partial charge is 0.370 e. The number of amides is 4. The van der Waals surface area contributed by atoms with Gasteiger partial charge in [-0.05, 0) is 24.0 Å². The van der Waals surface area contributed by atoms with Gasteiger partial charge >= 0.3 is 0 Å². The van der Waals surface area contributed by atoms with Gasteiger partial charge in [0.05, 0.1) is 17.6 Å². The average molecular weight is 469 g/mol. The summed E-state index contributed by atoms with van der Waals surface area (Å²) in [6.45, 7) is 5.18. The van der Waals surface area contributed by atoms with E-state index in [0.29, 0.717) is 16.0 Å². The molecule has 0 aliphatic heterocycles. The number of primary amides is 1. The van der Waals surface area contributed by atoms with Gasteiger partial charge in [-0.25, -0.2) is 14.4 Å². The van der Waals surface area contributed by atoms with Crippen LogP contribution >= 0.6 is 11.6 Å². The van der Waals surface area contributed by atoms with Crippen molar-refractivity contribution >= 4 is 46.3 Å². The molecule has 2 rings (SSSR count). The number of alkyl halides is 2. The molecule has 0 fully saturated rings. The summed E-state index contributed by atoms with van der Waals surface area (Å²) in [5.41, 5.74) is 5.68. The lowest BCUT2D eigenvalue weighted by Gasteiger charge is -2.29. The molecule has 10 nitrogen and oxygen atoms in total. The molecule has 2 atom stereocenters. The Kier molecular flexibility index (Phi) is 8.14. The molecule has 2 aromatic rings. The van der Waals surface area contributed by atoms with Crippen LogP contribution in [0.1, 0.15) is 44.2 Å². The van der Waals surface area contributed by atoms with Crippen molar-refractivity contribution in [2.75, 3.05) is 6.54 Å². The number of carbonyl (C=O) groups excluding carboxylic acids is 4. The predicted molar refractivity (Wildman–Crippen MR) is 116 cm³/mol. The van der Waals surface area contributed by atoms with Crippen molar-refractivity contribution < 1.29 is 23.6 Å². The fraction of sp³-hybridized carbons (Fsp3) is 0.450. The Labute approximate surface area is 189 Å². The second-order valence-corrected chi connectivity index (χ2v) is 8.76. The Bertz CT molecular complexity index is 970. The third-order valence-electron chi connectivity index (χ3n) is 4.32.